The predicted molar refractivity (Wildman–Crippen MR) is 68.7 cm³/mol. The van der Waals surface area contributed by atoms with Crippen molar-refractivity contribution in [2.24, 2.45) is 0 Å². The van der Waals surface area contributed by atoms with Gasteiger partial charge in [0, 0.05) is 16.4 Å². The fourth-order valence-corrected chi connectivity index (χ4v) is 2.33. The van der Waals surface area contributed by atoms with E-state index in [9.17, 15) is 14.9 Å². The molecule has 0 N–H and O–H groups in total. The number of nitro groups is 1. The van der Waals surface area contributed by atoms with E-state index in [4.69, 9.17) is 0 Å². The molecule has 0 heterocycles. The van der Waals surface area contributed by atoms with E-state index in [1.807, 2.05) is 20.8 Å². The Morgan fingerprint density at radius 2 is 1.94 bits per heavy atom. The molecule has 0 saturated heterocycles. The average molecular weight is 253 g/mol. The number of nitro benzene ring substituents is 1. The summed E-state index contributed by atoms with van der Waals surface area (Å²) in [7, 11) is 0. The largest absolute Gasteiger partial charge is 0.295 e. The van der Waals surface area contributed by atoms with Crippen molar-refractivity contribution in [2.45, 2.75) is 37.3 Å². The van der Waals surface area contributed by atoms with E-state index < -0.39 is 4.92 Å². The molecule has 0 bridgehead atoms. The Morgan fingerprint density at radius 1 is 1.35 bits per heavy atom. The normalized spacial score (nSPS) is 11.3. The summed E-state index contributed by atoms with van der Waals surface area (Å²) in [4.78, 5) is 22.3. The third kappa shape index (κ3) is 3.85. The van der Waals surface area contributed by atoms with Crippen LogP contribution < -0.4 is 0 Å². The molecule has 0 aromatic heterocycles. The van der Waals surface area contributed by atoms with Crippen LogP contribution >= 0.6 is 11.8 Å². The van der Waals surface area contributed by atoms with Crippen LogP contribution in [0.15, 0.2) is 23.1 Å². The van der Waals surface area contributed by atoms with Gasteiger partial charge in [-0.3, -0.25) is 14.9 Å². The van der Waals surface area contributed by atoms with E-state index in [1.54, 1.807) is 12.1 Å². The zero-order chi connectivity index (χ0) is 13.2. The van der Waals surface area contributed by atoms with Crippen LogP contribution in [-0.2, 0) is 0 Å². The molecule has 1 aromatic carbocycles. The zero-order valence-corrected chi connectivity index (χ0v) is 11.1. The number of thioether (sulfide) groups is 1. The maximum absolute atomic E-state index is 11.2. The molecule has 0 spiro atoms. The molecule has 1 aromatic rings. The molecule has 0 fully saturated rings. The lowest BCUT2D eigenvalue weighted by Crippen LogP contribution is -2.08. The van der Waals surface area contributed by atoms with E-state index >= 15 is 0 Å². The van der Waals surface area contributed by atoms with E-state index in [0.29, 0.717) is 10.5 Å². The van der Waals surface area contributed by atoms with Crippen molar-refractivity contribution in [1.82, 2.24) is 0 Å². The number of benzene rings is 1. The van der Waals surface area contributed by atoms with Gasteiger partial charge in [0.15, 0.2) is 5.78 Å². The van der Waals surface area contributed by atoms with Gasteiger partial charge >= 0.3 is 0 Å². The fourth-order valence-electron chi connectivity index (χ4n) is 1.30. The Kier molecular flexibility index (Phi) is 3.93. The van der Waals surface area contributed by atoms with Gasteiger partial charge in [-0.25, -0.2) is 0 Å². The highest BCUT2D eigenvalue weighted by molar-refractivity contribution is 8.00. The van der Waals surface area contributed by atoms with Crippen LogP contribution in [0, 0.1) is 10.1 Å². The van der Waals surface area contributed by atoms with Gasteiger partial charge in [-0.2, -0.15) is 0 Å². The van der Waals surface area contributed by atoms with Crippen LogP contribution in [0.5, 0.6) is 0 Å². The second-order valence-electron chi connectivity index (χ2n) is 4.71. The molecule has 17 heavy (non-hydrogen) atoms. The van der Waals surface area contributed by atoms with Crippen molar-refractivity contribution in [1.29, 1.82) is 0 Å². The van der Waals surface area contributed by atoms with Gasteiger partial charge in [-0.1, -0.05) is 20.8 Å². The minimum absolute atomic E-state index is 0.00220. The first-order valence-electron chi connectivity index (χ1n) is 5.19. The highest BCUT2D eigenvalue weighted by Crippen LogP contribution is 2.38. The van der Waals surface area contributed by atoms with Gasteiger partial charge in [0.1, 0.15) is 0 Å². The van der Waals surface area contributed by atoms with Gasteiger partial charge in [0.05, 0.1) is 9.82 Å². The number of hydrogen-bond acceptors (Lipinski definition) is 4. The molecule has 0 aliphatic carbocycles. The minimum Gasteiger partial charge on any atom is -0.295 e. The highest BCUT2D eigenvalue weighted by atomic mass is 32.2. The average Bonchev–Trinajstić information content (AvgIpc) is 2.14. The number of carbonyl (C=O) groups is 1. The molecule has 4 nitrogen and oxygen atoms in total. The Hall–Kier alpha value is -1.36. The summed E-state index contributed by atoms with van der Waals surface area (Å²) >= 11 is 1.42. The predicted octanol–water partition coefficient (Wildman–Crippen LogP) is 3.69. The van der Waals surface area contributed by atoms with Gasteiger partial charge in [-0.15, -0.1) is 11.8 Å². The number of hydrogen-bond donors (Lipinski definition) is 0. The second-order valence-corrected chi connectivity index (χ2v) is 6.58. The van der Waals surface area contributed by atoms with Gasteiger partial charge in [0.2, 0.25) is 0 Å². The summed E-state index contributed by atoms with van der Waals surface area (Å²) in [6, 6.07) is 4.62. The second kappa shape index (κ2) is 4.87. The van der Waals surface area contributed by atoms with Crippen molar-refractivity contribution in [3.05, 3.63) is 33.9 Å². The third-order valence-electron chi connectivity index (χ3n) is 1.98. The van der Waals surface area contributed by atoms with Crippen molar-refractivity contribution in [3.63, 3.8) is 0 Å². The minimum atomic E-state index is -0.444. The molecule has 0 atom stereocenters. The van der Waals surface area contributed by atoms with Gasteiger partial charge in [-0.05, 0) is 19.1 Å². The molecular formula is C12H15NO3S. The summed E-state index contributed by atoms with van der Waals surface area (Å²) in [6.45, 7) is 7.36. The summed E-state index contributed by atoms with van der Waals surface area (Å²) in [5, 5.41) is 11.0. The first-order valence-corrected chi connectivity index (χ1v) is 6.01. The van der Waals surface area contributed by atoms with Crippen molar-refractivity contribution in [2.75, 3.05) is 0 Å². The smallest absolute Gasteiger partial charge is 0.283 e. The monoisotopic (exact) mass is 253 g/mol. The lowest BCUT2D eigenvalue weighted by Gasteiger charge is -2.17. The topological polar surface area (TPSA) is 60.2 Å². The summed E-state index contributed by atoms with van der Waals surface area (Å²) in [5.74, 6) is -0.166. The third-order valence-corrected chi connectivity index (χ3v) is 3.16. The van der Waals surface area contributed by atoms with Crippen LogP contribution in [-0.4, -0.2) is 15.5 Å². The van der Waals surface area contributed by atoms with E-state index in [0.717, 1.165) is 0 Å². The zero-order valence-electron chi connectivity index (χ0n) is 10.3. The number of rotatable bonds is 3. The van der Waals surface area contributed by atoms with Gasteiger partial charge < -0.3 is 0 Å². The molecular weight excluding hydrogens is 238 g/mol. The lowest BCUT2D eigenvalue weighted by atomic mass is 10.1. The summed E-state index contributed by atoms with van der Waals surface area (Å²) < 4.78 is -0.109. The molecule has 0 amide bonds. The van der Waals surface area contributed by atoms with Crippen LogP contribution in [0.1, 0.15) is 38.1 Å². The Bertz CT molecular complexity index is 463. The molecule has 0 radical (unpaired) electrons. The SMILES string of the molecule is CC(=O)c1ccc(SC(C)(C)C)c([N+](=O)[O-])c1. The molecule has 0 saturated carbocycles. The van der Waals surface area contributed by atoms with Crippen molar-refractivity contribution < 1.29 is 9.72 Å². The van der Waals surface area contributed by atoms with E-state index in [2.05, 4.69) is 0 Å². The highest BCUT2D eigenvalue weighted by Gasteiger charge is 2.21. The molecule has 92 valence electrons. The van der Waals surface area contributed by atoms with Crippen LogP contribution in [0.4, 0.5) is 5.69 Å². The maximum atomic E-state index is 11.2. The first kappa shape index (κ1) is 13.7. The molecule has 0 aliphatic rings. The number of ketones is 1. The maximum Gasteiger partial charge on any atom is 0.283 e. The lowest BCUT2D eigenvalue weighted by molar-refractivity contribution is -0.387. The van der Waals surface area contributed by atoms with E-state index in [-0.39, 0.29) is 16.2 Å². The van der Waals surface area contributed by atoms with Crippen LogP contribution in [0.25, 0.3) is 0 Å². The Morgan fingerprint density at radius 3 is 2.35 bits per heavy atom. The van der Waals surface area contributed by atoms with Gasteiger partial charge in [0.25, 0.3) is 5.69 Å². The quantitative estimate of drug-likeness (QED) is 0.357. The van der Waals surface area contributed by atoms with Crippen molar-refractivity contribution in [3.8, 4) is 0 Å². The van der Waals surface area contributed by atoms with Crippen molar-refractivity contribution >= 4 is 23.2 Å². The number of Topliss-reactive ketones (excluding diaryl/α,β-unsaturated/α-hetero) is 1. The fraction of sp³-hybridized carbons (Fsp3) is 0.417. The summed E-state index contributed by atoms with van der Waals surface area (Å²) in [5.41, 5.74) is 0.368. The molecule has 1 rings (SSSR count). The summed E-state index contributed by atoms with van der Waals surface area (Å²) in [6.07, 6.45) is 0. The molecule has 0 aliphatic heterocycles. The molecule has 0 unspecified atom stereocenters. The Labute approximate surface area is 105 Å². The number of nitrogens with zero attached hydrogens (tertiary/aromatic N) is 1. The van der Waals surface area contributed by atoms with Crippen LogP contribution in [0.2, 0.25) is 0 Å². The van der Waals surface area contributed by atoms with E-state index in [1.165, 1.54) is 24.8 Å². The standard InChI is InChI=1S/C12H15NO3S/c1-8(14)9-5-6-11(17-12(2,3)4)10(7-9)13(15)16/h5-7H,1-4H3. The number of carbonyl (C=O) groups excluding carboxylic acids is 1. The first-order chi connectivity index (χ1) is 7.70. The van der Waals surface area contributed by atoms with Crippen LogP contribution in [0.3, 0.4) is 0 Å². The molecule has 5 heteroatoms. The Balaban J connectivity index is 3.23.